The Labute approximate surface area is 146 Å². The predicted molar refractivity (Wildman–Crippen MR) is 98.3 cm³/mol. The fourth-order valence-corrected chi connectivity index (χ4v) is 3.00. The maximum absolute atomic E-state index is 14.3. The summed E-state index contributed by atoms with van der Waals surface area (Å²) in [6, 6.07) is 8.78. The van der Waals surface area contributed by atoms with E-state index in [1.165, 1.54) is 6.07 Å². The lowest BCUT2D eigenvalue weighted by molar-refractivity contribution is 0.0983. The zero-order valence-corrected chi connectivity index (χ0v) is 14.9. The number of aromatic nitrogens is 2. The van der Waals surface area contributed by atoms with Crippen LogP contribution in [0.1, 0.15) is 50.2 Å². The lowest BCUT2D eigenvalue weighted by Gasteiger charge is -2.22. The van der Waals surface area contributed by atoms with Gasteiger partial charge >= 0.3 is 0 Å². The molecule has 3 nitrogen and oxygen atoms in total. The van der Waals surface area contributed by atoms with Gasteiger partial charge in [0.2, 0.25) is 0 Å². The fraction of sp³-hybridized carbons (Fsp3) is 0.286. The lowest BCUT2D eigenvalue weighted by Crippen LogP contribution is -2.14. The molecule has 0 unspecified atom stereocenters. The second kappa shape index (κ2) is 6.36. The highest BCUT2D eigenvalue weighted by molar-refractivity contribution is 5.94. The first-order valence-corrected chi connectivity index (χ1v) is 8.39. The summed E-state index contributed by atoms with van der Waals surface area (Å²) in [6.45, 7) is 7.79. The number of fused-ring (bicyclic) bond motifs is 1. The molecule has 2 aromatic heterocycles. The molecule has 0 bridgehead atoms. The number of Topliss-reactive ketones (excluding diaryl/α,β-unsaturated/α-hetero) is 1. The Hall–Kier alpha value is -2.62. The van der Waals surface area contributed by atoms with E-state index >= 15 is 0 Å². The highest BCUT2D eigenvalue weighted by Crippen LogP contribution is 2.33. The van der Waals surface area contributed by atoms with Crippen LogP contribution in [0.15, 0.2) is 42.7 Å². The second-order valence-corrected chi connectivity index (χ2v) is 7.17. The molecule has 25 heavy (non-hydrogen) atoms. The molecule has 0 fully saturated rings. The molecule has 0 saturated heterocycles. The number of carbonyl (C=O) groups excluding carboxylic acids is 1. The van der Waals surface area contributed by atoms with Crippen LogP contribution in [0.2, 0.25) is 0 Å². The van der Waals surface area contributed by atoms with Gasteiger partial charge in [-0.25, -0.2) is 4.39 Å². The van der Waals surface area contributed by atoms with Gasteiger partial charge in [-0.1, -0.05) is 33.8 Å². The van der Waals surface area contributed by atoms with E-state index in [2.05, 4.69) is 9.97 Å². The van der Waals surface area contributed by atoms with Crippen molar-refractivity contribution in [2.75, 3.05) is 0 Å². The molecule has 0 aliphatic rings. The molecule has 2 heterocycles. The quantitative estimate of drug-likeness (QED) is 0.607. The van der Waals surface area contributed by atoms with Crippen molar-refractivity contribution in [3.05, 3.63) is 59.8 Å². The normalized spacial score (nSPS) is 11.7. The molecule has 128 valence electrons. The van der Waals surface area contributed by atoms with Crippen LogP contribution in [-0.2, 0) is 5.41 Å². The number of rotatable bonds is 3. The van der Waals surface area contributed by atoms with Gasteiger partial charge < -0.3 is 0 Å². The number of pyridine rings is 2. The molecule has 4 heteroatoms. The van der Waals surface area contributed by atoms with Gasteiger partial charge in [-0.2, -0.15) is 0 Å². The molecule has 0 saturated carbocycles. The topological polar surface area (TPSA) is 42.9 Å². The van der Waals surface area contributed by atoms with Crippen LogP contribution < -0.4 is 0 Å². The van der Waals surface area contributed by atoms with Gasteiger partial charge in [0.15, 0.2) is 5.78 Å². The summed E-state index contributed by atoms with van der Waals surface area (Å²) in [5.74, 6) is -0.193. The molecule has 3 rings (SSSR count). The summed E-state index contributed by atoms with van der Waals surface area (Å²) in [4.78, 5) is 20.4. The second-order valence-electron chi connectivity index (χ2n) is 7.17. The van der Waals surface area contributed by atoms with Gasteiger partial charge in [0.05, 0.1) is 5.69 Å². The third kappa shape index (κ3) is 3.29. The zero-order chi connectivity index (χ0) is 18.2. The molecular formula is C21H21FN2O. The van der Waals surface area contributed by atoms with Gasteiger partial charge in [-0.05, 0) is 35.1 Å². The number of hydrogen-bond acceptors (Lipinski definition) is 3. The van der Waals surface area contributed by atoms with Crippen molar-refractivity contribution >= 4 is 16.6 Å². The van der Waals surface area contributed by atoms with E-state index < -0.39 is 0 Å². The minimum absolute atomic E-state index is 0.0170. The molecule has 0 spiro atoms. The lowest BCUT2D eigenvalue weighted by atomic mass is 9.83. The van der Waals surface area contributed by atoms with E-state index in [0.29, 0.717) is 17.7 Å². The third-order valence-corrected chi connectivity index (χ3v) is 4.27. The molecule has 0 N–H and O–H groups in total. The van der Waals surface area contributed by atoms with E-state index in [4.69, 9.17) is 0 Å². The Bertz CT molecular complexity index is 941. The Morgan fingerprint density at radius 3 is 2.44 bits per heavy atom. The largest absolute Gasteiger partial charge is 0.292 e. The van der Waals surface area contributed by atoms with Crippen molar-refractivity contribution in [2.45, 2.75) is 39.5 Å². The van der Waals surface area contributed by atoms with Crippen LogP contribution >= 0.6 is 0 Å². The summed E-state index contributed by atoms with van der Waals surface area (Å²) in [6.07, 6.45) is 3.81. The smallest absolute Gasteiger partial charge is 0.180 e. The van der Waals surface area contributed by atoms with E-state index in [1.807, 2.05) is 39.8 Å². The molecule has 0 radical (unpaired) electrons. The van der Waals surface area contributed by atoms with Crippen molar-refractivity contribution < 1.29 is 9.18 Å². The number of halogens is 1. The summed E-state index contributed by atoms with van der Waals surface area (Å²) < 4.78 is 14.3. The van der Waals surface area contributed by atoms with Crippen LogP contribution in [-0.4, -0.2) is 15.8 Å². The van der Waals surface area contributed by atoms with Crippen molar-refractivity contribution in [3.63, 3.8) is 0 Å². The van der Waals surface area contributed by atoms with Crippen molar-refractivity contribution in [3.8, 4) is 11.3 Å². The highest BCUT2D eigenvalue weighted by atomic mass is 19.1. The average molecular weight is 336 g/mol. The number of hydrogen-bond donors (Lipinski definition) is 0. The fourth-order valence-electron chi connectivity index (χ4n) is 3.00. The highest BCUT2D eigenvalue weighted by Gasteiger charge is 2.21. The maximum Gasteiger partial charge on any atom is 0.180 e. The van der Waals surface area contributed by atoms with E-state index in [-0.39, 0.29) is 17.0 Å². The number of benzene rings is 1. The third-order valence-electron chi connectivity index (χ3n) is 4.27. The molecule has 0 amide bonds. The summed E-state index contributed by atoms with van der Waals surface area (Å²) in [5, 5.41) is 1.76. The average Bonchev–Trinajstić information content (AvgIpc) is 2.59. The monoisotopic (exact) mass is 336 g/mol. The van der Waals surface area contributed by atoms with E-state index in [1.54, 1.807) is 24.5 Å². The first-order valence-electron chi connectivity index (χ1n) is 8.39. The van der Waals surface area contributed by atoms with Gasteiger partial charge in [-0.15, -0.1) is 0 Å². The maximum atomic E-state index is 14.3. The standard InChI is InChI=1S/C21H21FN2O/c1-5-19(25)17-9-7-14(11-23-17)18-10-13-6-8-16(22)20(21(2,3)4)15(13)12-24-18/h6-12H,5H2,1-4H3. The summed E-state index contributed by atoms with van der Waals surface area (Å²) in [7, 11) is 0. The minimum atomic E-state index is -0.309. The Balaban J connectivity index is 2.08. The van der Waals surface area contributed by atoms with Gasteiger partial charge in [0.1, 0.15) is 11.5 Å². The van der Waals surface area contributed by atoms with Crippen molar-refractivity contribution in [1.82, 2.24) is 9.97 Å². The molecule has 0 aliphatic carbocycles. The Morgan fingerprint density at radius 2 is 1.84 bits per heavy atom. The molecule has 0 atom stereocenters. The molecule has 3 aromatic rings. The van der Waals surface area contributed by atoms with Gasteiger partial charge in [0.25, 0.3) is 0 Å². The predicted octanol–water partition coefficient (Wildman–Crippen LogP) is 5.33. The molecule has 1 aromatic carbocycles. The van der Waals surface area contributed by atoms with Crippen LogP contribution in [0.5, 0.6) is 0 Å². The summed E-state index contributed by atoms with van der Waals surface area (Å²) >= 11 is 0. The van der Waals surface area contributed by atoms with E-state index in [0.717, 1.165) is 22.0 Å². The van der Waals surface area contributed by atoms with Crippen molar-refractivity contribution in [1.29, 1.82) is 0 Å². The van der Waals surface area contributed by atoms with Crippen molar-refractivity contribution in [2.24, 2.45) is 0 Å². The van der Waals surface area contributed by atoms with Crippen LogP contribution in [0.3, 0.4) is 0 Å². The number of carbonyl (C=O) groups is 1. The van der Waals surface area contributed by atoms with E-state index in [9.17, 15) is 9.18 Å². The first-order chi connectivity index (χ1) is 11.8. The summed E-state index contributed by atoms with van der Waals surface area (Å²) in [5.41, 5.74) is 2.41. The first kappa shape index (κ1) is 17.2. The van der Waals surface area contributed by atoms with Crippen LogP contribution in [0.4, 0.5) is 4.39 Å². The van der Waals surface area contributed by atoms with Gasteiger partial charge in [-0.3, -0.25) is 14.8 Å². The Kier molecular flexibility index (Phi) is 4.38. The van der Waals surface area contributed by atoms with Crippen LogP contribution in [0, 0.1) is 5.82 Å². The van der Waals surface area contributed by atoms with Gasteiger partial charge in [0, 0.05) is 35.3 Å². The molecular weight excluding hydrogens is 315 g/mol. The SMILES string of the molecule is CCC(=O)c1ccc(-c2cc3ccc(F)c(C(C)(C)C)c3cn2)cn1. The van der Waals surface area contributed by atoms with Crippen LogP contribution in [0.25, 0.3) is 22.0 Å². The zero-order valence-electron chi connectivity index (χ0n) is 14.9. The Morgan fingerprint density at radius 1 is 1.08 bits per heavy atom. The molecule has 0 aliphatic heterocycles. The number of nitrogens with zero attached hydrogens (tertiary/aromatic N) is 2. The number of ketones is 1. The minimum Gasteiger partial charge on any atom is -0.292 e.